The summed E-state index contributed by atoms with van der Waals surface area (Å²) in [7, 11) is -2.67. The van der Waals surface area contributed by atoms with Crippen LogP contribution in [0.25, 0.3) is 0 Å². The summed E-state index contributed by atoms with van der Waals surface area (Å²) in [6.07, 6.45) is 5.28. The molecular formula is C6H14O2S. The van der Waals surface area contributed by atoms with Crippen LogP contribution in [0.15, 0.2) is 12.7 Å². The molecule has 0 atom stereocenters. The molecule has 0 saturated heterocycles. The molecule has 0 aliphatic carbocycles. The van der Waals surface area contributed by atoms with Crippen LogP contribution in [0.3, 0.4) is 0 Å². The van der Waals surface area contributed by atoms with Gasteiger partial charge in [-0.15, -0.1) is 6.58 Å². The van der Waals surface area contributed by atoms with E-state index in [9.17, 15) is 8.42 Å². The van der Waals surface area contributed by atoms with Gasteiger partial charge in [-0.25, -0.2) is 8.42 Å². The van der Waals surface area contributed by atoms with Gasteiger partial charge in [0, 0.05) is 12.5 Å². The van der Waals surface area contributed by atoms with Crippen LogP contribution in [0.1, 0.15) is 13.3 Å². The van der Waals surface area contributed by atoms with Crippen LogP contribution in [0.2, 0.25) is 0 Å². The van der Waals surface area contributed by atoms with E-state index >= 15 is 0 Å². The van der Waals surface area contributed by atoms with Gasteiger partial charge in [-0.3, -0.25) is 0 Å². The van der Waals surface area contributed by atoms with Gasteiger partial charge in [0.1, 0.15) is 9.84 Å². The summed E-state index contributed by atoms with van der Waals surface area (Å²) in [6, 6.07) is 0. The largest absolute Gasteiger partial charge is 0.229 e. The zero-order chi connectivity index (χ0) is 7.91. The molecule has 0 unspecified atom stereocenters. The van der Waals surface area contributed by atoms with Crippen molar-refractivity contribution in [3.63, 3.8) is 0 Å². The maximum atomic E-state index is 9.63. The van der Waals surface area contributed by atoms with E-state index in [0.717, 1.165) is 18.9 Å². The molecule has 0 rings (SSSR count). The SMILES string of the molecule is C=CCC.CS(C)(=O)=O. The summed E-state index contributed by atoms with van der Waals surface area (Å²) >= 11 is 0. The second kappa shape index (κ2) is 5.82. The van der Waals surface area contributed by atoms with E-state index in [4.69, 9.17) is 0 Å². The Morgan fingerprint density at radius 3 is 1.56 bits per heavy atom. The normalized spacial score (nSPS) is 9.22. The van der Waals surface area contributed by atoms with E-state index in [1.54, 1.807) is 0 Å². The van der Waals surface area contributed by atoms with Crippen molar-refractivity contribution in [3.8, 4) is 0 Å². The zero-order valence-corrected chi connectivity index (χ0v) is 7.03. The van der Waals surface area contributed by atoms with Crippen LogP contribution in [0.5, 0.6) is 0 Å². The Bertz CT molecular complexity index is 136. The molecular weight excluding hydrogens is 136 g/mol. The van der Waals surface area contributed by atoms with Gasteiger partial charge in [0.05, 0.1) is 0 Å². The van der Waals surface area contributed by atoms with Crippen molar-refractivity contribution in [2.24, 2.45) is 0 Å². The van der Waals surface area contributed by atoms with Gasteiger partial charge in [-0.1, -0.05) is 13.0 Å². The molecule has 0 radical (unpaired) electrons. The molecule has 0 aromatic carbocycles. The van der Waals surface area contributed by atoms with E-state index < -0.39 is 9.84 Å². The standard InChI is InChI=1S/C4H8.C2H6O2S/c1-3-4-2;1-5(2,3)4/h3H,1,4H2,2H3;1-2H3. The smallest absolute Gasteiger partial charge is 0.144 e. The highest BCUT2D eigenvalue weighted by molar-refractivity contribution is 7.89. The molecule has 2 nitrogen and oxygen atoms in total. The van der Waals surface area contributed by atoms with Crippen LogP contribution in [-0.2, 0) is 9.84 Å². The molecule has 0 amide bonds. The lowest BCUT2D eigenvalue weighted by Gasteiger charge is -1.69. The molecule has 0 fully saturated rings. The fraction of sp³-hybridized carbons (Fsp3) is 0.667. The Hall–Kier alpha value is -0.310. The molecule has 0 heterocycles. The third kappa shape index (κ3) is 523. The lowest BCUT2D eigenvalue weighted by Crippen LogP contribution is -1.86. The van der Waals surface area contributed by atoms with Crippen molar-refractivity contribution < 1.29 is 8.42 Å². The minimum absolute atomic E-state index is 1.08. The highest BCUT2D eigenvalue weighted by Crippen LogP contribution is 1.66. The Labute approximate surface area is 57.5 Å². The maximum Gasteiger partial charge on any atom is 0.144 e. The second-order valence-electron chi connectivity index (χ2n) is 1.84. The number of rotatable bonds is 1. The fourth-order valence-electron chi connectivity index (χ4n) is 0. The number of allylic oxidation sites excluding steroid dienone is 1. The lowest BCUT2D eigenvalue weighted by atomic mass is 10.5. The Morgan fingerprint density at radius 2 is 1.56 bits per heavy atom. The fourth-order valence-corrected chi connectivity index (χ4v) is 0. The van der Waals surface area contributed by atoms with Crippen molar-refractivity contribution in [3.05, 3.63) is 12.7 Å². The molecule has 0 aromatic heterocycles. The number of hydrogen-bond donors (Lipinski definition) is 0. The first-order valence-electron chi connectivity index (χ1n) is 2.67. The van der Waals surface area contributed by atoms with Crippen LogP contribution >= 0.6 is 0 Å². The predicted octanol–water partition coefficient (Wildman–Crippen LogP) is 1.24. The van der Waals surface area contributed by atoms with Gasteiger partial charge in [0.15, 0.2) is 0 Å². The quantitative estimate of drug-likeness (QED) is 0.527. The van der Waals surface area contributed by atoms with Crippen LogP contribution in [0, 0.1) is 0 Å². The summed E-state index contributed by atoms with van der Waals surface area (Å²) in [5.74, 6) is 0. The van der Waals surface area contributed by atoms with E-state index in [-0.39, 0.29) is 0 Å². The minimum atomic E-state index is -2.67. The van der Waals surface area contributed by atoms with Gasteiger partial charge in [0.2, 0.25) is 0 Å². The van der Waals surface area contributed by atoms with Crippen molar-refractivity contribution in [2.45, 2.75) is 13.3 Å². The van der Waals surface area contributed by atoms with Gasteiger partial charge in [0.25, 0.3) is 0 Å². The van der Waals surface area contributed by atoms with E-state index in [1.807, 2.05) is 6.08 Å². The molecule has 3 heteroatoms. The summed E-state index contributed by atoms with van der Waals surface area (Å²) in [5.41, 5.74) is 0. The summed E-state index contributed by atoms with van der Waals surface area (Å²) in [5, 5.41) is 0. The van der Waals surface area contributed by atoms with Gasteiger partial charge >= 0.3 is 0 Å². The third-order valence-electron chi connectivity index (χ3n) is 0.289. The highest BCUT2D eigenvalue weighted by Gasteiger charge is 1.79. The van der Waals surface area contributed by atoms with E-state index in [0.29, 0.717) is 0 Å². The second-order valence-corrected chi connectivity index (χ2v) is 4.13. The zero-order valence-electron chi connectivity index (χ0n) is 6.22. The summed E-state index contributed by atoms with van der Waals surface area (Å²) in [4.78, 5) is 0. The van der Waals surface area contributed by atoms with Gasteiger partial charge < -0.3 is 0 Å². The van der Waals surface area contributed by atoms with E-state index in [2.05, 4.69) is 13.5 Å². The van der Waals surface area contributed by atoms with Crippen molar-refractivity contribution >= 4 is 9.84 Å². The summed E-state index contributed by atoms with van der Waals surface area (Å²) in [6.45, 7) is 5.54. The van der Waals surface area contributed by atoms with Crippen molar-refractivity contribution in [2.75, 3.05) is 12.5 Å². The van der Waals surface area contributed by atoms with Crippen molar-refractivity contribution in [1.82, 2.24) is 0 Å². The first kappa shape index (κ1) is 11.5. The molecule has 0 aromatic rings. The first-order chi connectivity index (χ1) is 3.91. The van der Waals surface area contributed by atoms with E-state index in [1.165, 1.54) is 0 Å². The topological polar surface area (TPSA) is 34.1 Å². The van der Waals surface area contributed by atoms with Gasteiger partial charge in [-0.05, 0) is 6.42 Å². The number of sulfone groups is 1. The minimum Gasteiger partial charge on any atom is -0.229 e. The first-order valence-corrected chi connectivity index (χ1v) is 4.97. The molecule has 9 heavy (non-hydrogen) atoms. The molecule has 0 bridgehead atoms. The summed E-state index contributed by atoms with van der Waals surface area (Å²) < 4.78 is 19.3. The Kier molecular flexibility index (Phi) is 7.43. The highest BCUT2D eigenvalue weighted by atomic mass is 32.2. The maximum absolute atomic E-state index is 9.63. The monoisotopic (exact) mass is 150 g/mol. The van der Waals surface area contributed by atoms with Gasteiger partial charge in [-0.2, -0.15) is 0 Å². The molecule has 0 saturated carbocycles. The van der Waals surface area contributed by atoms with Crippen molar-refractivity contribution in [1.29, 1.82) is 0 Å². The average Bonchev–Trinajstić information content (AvgIpc) is 1.61. The molecule has 0 aliphatic heterocycles. The molecule has 0 aliphatic rings. The Balaban J connectivity index is 0. The molecule has 0 spiro atoms. The van der Waals surface area contributed by atoms with Crippen LogP contribution < -0.4 is 0 Å². The van der Waals surface area contributed by atoms with Crippen LogP contribution in [-0.4, -0.2) is 20.9 Å². The third-order valence-corrected chi connectivity index (χ3v) is 0.289. The average molecular weight is 150 g/mol. The molecule has 56 valence electrons. The predicted molar refractivity (Wildman–Crippen MR) is 41.3 cm³/mol. The lowest BCUT2D eigenvalue weighted by molar-refractivity contribution is 0.607. The van der Waals surface area contributed by atoms with Crippen LogP contribution in [0.4, 0.5) is 0 Å². The molecule has 0 N–H and O–H groups in total. The number of hydrogen-bond acceptors (Lipinski definition) is 2. The Morgan fingerprint density at radius 1 is 1.44 bits per heavy atom.